The van der Waals surface area contributed by atoms with E-state index in [1.807, 2.05) is 57.2 Å². The average Bonchev–Trinajstić information content (AvgIpc) is 2.63. The monoisotopic (exact) mass is 366 g/mol. The molecule has 0 heterocycles. The molecule has 0 aliphatic carbocycles. The Morgan fingerprint density at radius 3 is 2.33 bits per heavy atom. The Morgan fingerprint density at radius 2 is 1.70 bits per heavy atom. The highest BCUT2D eigenvalue weighted by atomic mass is 16.2. The molecule has 144 valence electrons. The first-order valence-electron chi connectivity index (χ1n) is 9.51. The highest BCUT2D eigenvalue weighted by Gasteiger charge is 2.26. The molecule has 0 radical (unpaired) electrons. The molecule has 2 rings (SSSR count). The molecule has 0 saturated carbocycles. The predicted molar refractivity (Wildman–Crippen MR) is 109 cm³/mol. The Morgan fingerprint density at radius 1 is 1.00 bits per heavy atom. The topological polar surface area (TPSA) is 49.4 Å². The van der Waals surface area contributed by atoms with Crippen LogP contribution in [0.2, 0.25) is 0 Å². The normalized spacial score (nSPS) is 11.7. The lowest BCUT2D eigenvalue weighted by molar-refractivity contribution is -0.140. The molecule has 27 heavy (non-hydrogen) atoms. The first-order chi connectivity index (χ1) is 12.8. The molecule has 1 atom stereocenters. The molecule has 0 aliphatic heterocycles. The molecule has 0 unspecified atom stereocenters. The van der Waals surface area contributed by atoms with Crippen molar-refractivity contribution < 1.29 is 9.59 Å². The smallest absolute Gasteiger partial charge is 0.242 e. The Hall–Kier alpha value is -2.62. The number of carbonyl (C=O) groups is 2. The number of rotatable bonds is 7. The maximum Gasteiger partial charge on any atom is 0.242 e. The second-order valence-corrected chi connectivity index (χ2v) is 7.11. The maximum atomic E-state index is 13.1. The van der Waals surface area contributed by atoms with Crippen LogP contribution in [0.3, 0.4) is 0 Å². The third-order valence-electron chi connectivity index (χ3n) is 5.05. The van der Waals surface area contributed by atoms with E-state index in [9.17, 15) is 9.59 Å². The van der Waals surface area contributed by atoms with Crippen molar-refractivity contribution in [2.45, 2.75) is 53.6 Å². The molecule has 0 aliphatic rings. The molecule has 0 bridgehead atoms. The number of carbonyl (C=O) groups excluding carboxylic acids is 2. The van der Waals surface area contributed by atoms with E-state index in [1.54, 1.807) is 11.8 Å². The molecule has 4 heteroatoms. The van der Waals surface area contributed by atoms with Crippen molar-refractivity contribution in [1.82, 2.24) is 10.2 Å². The highest BCUT2D eigenvalue weighted by molar-refractivity contribution is 5.88. The first-order valence-corrected chi connectivity index (χ1v) is 9.51. The number of hydrogen-bond donors (Lipinski definition) is 1. The summed E-state index contributed by atoms with van der Waals surface area (Å²) in [5.74, 6) is -0.167. The van der Waals surface area contributed by atoms with Crippen molar-refractivity contribution >= 4 is 11.8 Å². The summed E-state index contributed by atoms with van der Waals surface area (Å²) in [4.78, 5) is 27.2. The van der Waals surface area contributed by atoms with Gasteiger partial charge in [0.25, 0.3) is 0 Å². The third-order valence-corrected chi connectivity index (χ3v) is 5.05. The predicted octanol–water partition coefficient (Wildman–Crippen LogP) is 3.71. The van der Waals surface area contributed by atoms with Gasteiger partial charge in [0.2, 0.25) is 11.8 Å². The van der Waals surface area contributed by atoms with E-state index in [2.05, 4.69) is 18.3 Å². The molecule has 1 N–H and O–H groups in total. The molecule has 2 aromatic rings. The number of likely N-dealkylation sites (N-methyl/N-ethyl adjacent to an activating group) is 1. The van der Waals surface area contributed by atoms with E-state index >= 15 is 0 Å². The zero-order chi connectivity index (χ0) is 20.0. The minimum Gasteiger partial charge on any atom is -0.355 e. The van der Waals surface area contributed by atoms with Crippen LogP contribution in [0, 0.1) is 20.8 Å². The lowest BCUT2D eigenvalue weighted by Crippen LogP contribution is -2.48. The standard InChI is InChI=1S/C23H30N2O2/c1-6-24-23(27)19(5)25(15-21-10-8-7-9-17(21)3)22(26)14-20-12-11-16(2)18(4)13-20/h7-13,19H,6,14-15H2,1-5H3,(H,24,27)/t19-/m0/s1. The molecule has 2 amide bonds. The van der Waals surface area contributed by atoms with Crippen molar-refractivity contribution in [3.63, 3.8) is 0 Å². The Labute approximate surface area is 162 Å². The molecular weight excluding hydrogens is 336 g/mol. The third kappa shape index (κ3) is 5.43. The summed E-state index contributed by atoms with van der Waals surface area (Å²) in [5, 5.41) is 2.83. The van der Waals surface area contributed by atoms with Gasteiger partial charge >= 0.3 is 0 Å². The summed E-state index contributed by atoms with van der Waals surface area (Å²) in [7, 11) is 0. The Balaban J connectivity index is 2.26. The molecule has 2 aromatic carbocycles. The van der Waals surface area contributed by atoms with Crippen LogP contribution in [0.15, 0.2) is 42.5 Å². The fourth-order valence-electron chi connectivity index (χ4n) is 3.07. The van der Waals surface area contributed by atoms with Crippen molar-refractivity contribution in [2.75, 3.05) is 6.54 Å². The van der Waals surface area contributed by atoms with E-state index in [4.69, 9.17) is 0 Å². The summed E-state index contributed by atoms with van der Waals surface area (Å²) in [5.41, 5.74) is 5.52. The van der Waals surface area contributed by atoms with E-state index < -0.39 is 6.04 Å². The summed E-state index contributed by atoms with van der Waals surface area (Å²) < 4.78 is 0. The maximum absolute atomic E-state index is 13.1. The second-order valence-electron chi connectivity index (χ2n) is 7.11. The summed E-state index contributed by atoms with van der Waals surface area (Å²) in [6.45, 7) is 10.8. The van der Waals surface area contributed by atoms with Gasteiger partial charge in [0.15, 0.2) is 0 Å². The largest absolute Gasteiger partial charge is 0.355 e. The van der Waals surface area contributed by atoms with Gasteiger partial charge in [-0.05, 0) is 62.4 Å². The highest BCUT2D eigenvalue weighted by Crippen LogP contribution is 2.16. The van der Waals surface area contributed by atoms with Gasteiger partial charge in [0.05, 0.1) is 6.42 Å². The molecule has 0 aromatic heterocycles. The molecule has 0 spiro atoms. The summed E-state index contributed by atoms with van der Waals surface area (Å²) >= 11 is 0. The Bertz CT molecular complexity index is 814. The zero-order valence-corrected chi connectivity index (χ0v) is 17.0. The minimum absolute atomic E-state index is 0.0414. The van der Waals surface area contributed by atoms with Gasteiger partial charge in [-0.3, -0.25) is 9.59 Å². The van der Waals surface area contributed by atoms with Crippen LogP contribution >= 0.6 is 0 Å². The zero-order valence-electron chi connectivity index (χ0n) is 17.0. The van der Waals surface area contributed by atoms with Gasteiger partial charge in [-0.15, -0.1) is 0 Å². The van der Waals surface area contributed by atoms with Crippen molar-refractivity contribution in [3.8, 4) is 0 Å². The molecule has 0 fully saturated rings. The van der Waals surface area contributed by atoms with Crippen molar-refractivity contribution in [1.29, 1.82) is 0 Å². The van der Waals surface area contributed by atoms with Crippen LogP contribution in [-0.4, -0.2) is 29.3 Å². The molecule has 4 nitrogen and oxygen atoms in total. The van der Waals surface area contributed by atoms with Crippen LogP contribution < -0.4 is 5.32 Å². The van der Waals surface area contributed by atoms with E-state index in [1.165, 1.54) is 11.1 Å². The SMILES string of the molecule is CCNC(=O)[C@H](C)N(Cc1ccccc1C)C(=O)Cc1ccc(C)c(C)c1. The summed E-state index contributed by atoms with van der Waals surface area (Å²) in [6, 6.07) is 13.5. The number of benzene rings is 2. The van der Waals surface area contributed by atoms with Gasteiger partial charge in [-0.1, -0.05) is 42.5 Å². The average molecular weight is 367 g/mol. The molecule has 0 saturated heterocycles. The number of hydrogen-bond acceptors (Lipinski definition) is 2. The van der Waals surface area contributed by atoms with Gasteiger partial charge in [-0.25, -0.2) is 0 Å². The van der Waals surface area contributed by atoms with Gasteiger partial charge in [-0.2, -0.15) is 0 Å². The van der Waals surface area contributed by atoms with Gasteiger partial charge in [0.1, 0.15) is 6.04 Å². The van der Waals surface area contributed by atoms with Crippen LogP contribution in [0.5, 0.6) is 0 Å². The van der Waals surface area contributed by atoms with Gasteiger partial charge < -0.3 is 10.2 Å². The second kappa shape index (κ2) is 9.36. The fourth-order valence-corrected chi connectivity index (χ4v) is 3.07. The van der Waals surface area contributed by atoms with E-state index in [-0.39, 0.29) is 18.2 Å². The van der Waals surface area contributed by atoms with Crippen LogP contribution in [0.1, 0.15) is 41.7 Å². The summed E-state index contributed by atoms with van der Waals surface area (Å²) in [6.07, 6.45) is 0.288. The van der Waals surface area contributed by atoms with E-state index in [0.29, 0.717) is 13.1 Å². The van der Waals surface area contributed by atoms with Crippen molar-refractivity contribution in [3.05, 3.63) is 70.3 Å². The first kappa shape index (κ1) is 20.7. The lowest BCUT2D eigenvalue weighted by Gasteiger charge is -2.29. The van der Waals surface area contributed by atoms with Crippen LogP contribution in [0.4, 0.5) is 0 Å². The number of amides is 2. The van der Waals surface area contributed by atoms with Crippen LogP contribution in [0.25, 0.3) is 0 Å². The molecular formula is C23H30N2O2. The number of nitrogens with one attached hydrogen (secondary N) is 1. The quantitative estimate of drug-likeness (QED) is 0.812. The van der Waals surface area contributed by atoms with Gasteiger partial charge in [0, 0.05) is 13.1 Å². The van der Waals surface area contributed by atoms with Crippen molar-refractivity contribution in [2.24, 2.45) is 0 Å². The lowest BCUT2D eigenvalue weighted by atomic mass is 10.0. The minimum atomic E-state index is -0.524. The van der Waals surface area contributed by atoms with Crippen LogP contribution in [-0.2, 0) is 22.6 Å². The van der Waals surface area contributed by atoms with E-state index in [0.717, 1.165) is 16.7 Å². The fraction of sp³-hybridized carbons (Fsp3) is 0.391. The number of aryl methyl sites for hydroxylation is 3. The number of nitrogens with zero attached hydrogens (tertiary/aromatic N) is 1. The Kier molecular flexibility index (Phi) is 7.17.